The van der Waals surface area contributed by atoms with E-state index >= 15 is 0 Å². The monoisotopic (exact) mass is 214 g/mol. The van der Waals surface area contributed by atoms with Gasteiger partial charge in [-0.15, -0.1) is 6.58 Å². The Morgan fingerprint density at radius 2 is 2.13 bits per heavy atom. The van der Waals surface area contributed by atoms with Gasteiger partial charge in [0.25, 0.3) is 0 Å². The van der Waals surface area contributed by atoms with Gasteiger partial charge in [0, 0.05) is 13.1 Å². The van der Waals surface area contributed by atoms with Gasteiger partial charge in [-0.1, -0.05) is 6.08 Å². The molecule has 0 bridgehead atoms. The molecule has 4 nitrogen and oxygen atoms in total. The summed E-state index contributed by atoms with van der Waals surface area (Å²) >= 11 is 0. The van der Waals surface area contributed by atoms with Crippen LogP contribution in [0.1, 0.15) is 20.8 Å². The van der Waals surface area contributed by atoms with Crippen LogP contribution in [-0.2, 0) is 9.53 Å². The quantitative estimate of drug-likeness (QED) is 0.462. The number of nitrogens with one attached hydrogen (secondary N) is 2. The molecule has 0 aromatic rings. The lowest BCUT2D eigenvalue weighted by Gasteiger charge is -2.14. The Morgan fingerprint density at radius 1 is 1.47 bits per heavy atom. The minimum atomic E-state index is -0.194. The first kappa shape index (κ1) is 14.1. The highest BCUT2D eigenvalue weighted by Crippen LogP contribution is 1.86. The largest absolute Gasteiger partial charge is 0.377 e. The number of ether oxygens (including phenoxy) is 1. The highest BCUT2D eigenvalue weighted by molar-refractivity contribution is 5.81. The number of hydrogen-bond acceptors (Lipinski definition) is 3. The van der Waals surface area contributed by atoms with E-state index in [1.165, 1.54) is 0 Å². The van der Waals surface area contributed by atoms with E-state index in [2.05, 4.69) is 17.2 Å². The predicted octanol–water partition coefficient (Wildman–Crippen LogP) is 0.692. The van der Waals surface area contributed by atoms with Crippen LogP contribution in [-0.4, -0.2) is 37.7 Å². The van der Waals surface area contributed by atoms with Gasteiger partial charge in [0.05, 0.1) is 18.8 Å². The predicted molar refractivity (Wildman–Crippen MR) is 61.8 cm³/mol. The van der Waals surface area contributed by atoms with Crippen LogP contribution >= 0.6 is 0 Å². The molecule has 2 N–H and O–H groups in total. The third-order valence-electron chi connectivity index (χ3n) is 1.82. The van der Waals surface area contributed by atoms with Gasteiger partial charge in [-0.05, 0) is 20.8 Å². The van der Waals surface area contributed by atoms with Crippen LogP contribution in [0, 0.1) is 0 Å². The summed E-state index contributed by atoms with van der Waals surface area (Å²) in [7, 11) is 0. The lowest BCUT2D eigenvalue weighted by molar-refractivity contribution is -0.122. The summed E-state index contributed by atoms with van der Waals surface area (Å²) in [4.78, 5) is 11.4. The summed E-state index contributed by atoms with van der Waals surface area (Å²) in [5.41, 5.74) is 0. The van der Waals surface area contributed by atoms with Crippen molar-refractivity contribution < 1.29 is 9.53 Å². The molecule has 0 aromatic heterocycles. The maximum atomic E-state index is 11.4. The number of carbonyl (C=O) groups is 1. The van der Waals surface area contributed by atoms with Crippen LogP contribution in [0.4, 0.5) is 0 Å². The van der Waals surface area contributed by atoms with E-state index in [1.54, 1.807) is 6.08 Å². The first-order chi connectivity index (χ1) is 7.07. The fourth-order valence-corrected chi connectivity index (χ4v) is 0.989. The van der Waals surface area contributed by atoms with Gasteiger partial charge in [-0.2, -0.15) is 0 Å². The third-order valence-corrected chi connectivity index (χ3v) is 1.82. The minimum Gasteiger partial charge on any atom is -0.377 e. The van der Waals surface area contributed by atoms with E-state index in [4.69, 9.17) is 4.74 Å². The molecule has 1 unspecified atom stereocenters. The molecule has 1 amide bonds. The smallest absolute Gasteiger partial charge is 0.237 e. The van der Waals surface area contributed by atoms with Crippen molar-refractivity contribution in [2.75, 3.05) is 19.7 Å². The topological polar surface area (TPSA) is 50.4 Å². The molecule has 0 rings (SSSR count). The fraction of sp³-hybridized carbons (Fsp3) is 0.727. The lowest BCUT2D eigenvalue weighted by atomic mass is 10.3. The number of rotatable bonds is 8. The summed E-state index contributed by atoms with van der Waals surface area (Å²) in [6, 6.07) is -0.194. The van der Waals surface area contributed by atoms with Crippen LogP contribution in [0.5, 0.6) is 0 Å². The van der Waals surface area contributed by atoms with Crippen LogP contribution in [0.3, 0.4) is 0 Å². The Kier molecular flexibility index (Phi) is 7.95. The zero-order chi connectivity index (χ0) is 11.7. The Bertz CT molecular complexity index is 193. The molecule has 0 aromatic carbocycles. The third kappa shape index (κ3) is 8.15. The van der Waals surface area contributed by atoms with Crippen LogP contribution in [0.25, 0.3) is 0 Å². The average Bonchev–Trinajstić information content (AvgIpc) is 2.20. The molecule has 0 saturated carbocycles. The number of hydrogen-bond donors (Lipinski definition) is 2. The normalized spacial score (nSPS) is 12.5. The standard InChI is InChI=1S/C11H22N2O2/c1-5-6-13-11(14)10(4)12-7-8-15-9(2)3/h5,9-10,12H,1,6-8H2,2-4H3,(H,13,14). The summed E-state index contributed by atoms with van der Waals surface area (Å²) in [5.74, 6) is -0.0144. The van der Waals surface area contributed by atoms with Gasteiger partial charge < -0.3 is 15.4 Å². The summed E-state index contributed by atoms with van der Waals surface area (Å²) in [6.45, 7) is 11.1. The SMILES string of the molecule is C=CCNC(=O)C(C)NCCOC(C)C. The molecule has 15 heavy (non-hydrogen) atoms. The molecule has 0 aliphatic rings. The summed E-state index contributed by atoms with van der Waals surface area (Å²) < 4.78 is 5.34. The van der Waals surface area contributed by atoms with E-state index in [0.29, 0.717) is 19.7 Å². The van der Waals surface area contributed by atoms with Crippen LogP contribution in [0.2, 0.25) is 0 Å². The molecule has 0 saturated heterocycles. The van der Waals surface area contributed by atoms with Crippen molar-refractivity contribution in [1.82, 2.24) is 10.6 Å². The van der Waals surface area contributed by atoms with Crippen molar-refractivity contribution in [3.63, 3.8) is 0 Å². The van der Waals surface area contributed by atoms with Crippen molar-refractivity contribution in [3.8, 4) is 0 Å². The Labute approximate surface area is 92.1 Å². The maximum absolute atomic E-state index is 11.4. The van der Waals surface area contributed by atoms with Gasteiger partial charge in [-0.25, -0.2) is 0 Å². The van der Waals surface area contributed by atoms with Crippen molar-refractivity contribution in [2.24, 2.45) is 0 Å². The molecule has 4 heteroatoms. The second-order valence-corrected chi connectivity index (χ2v) is 3.63. The van der Waals surface area contributed by atoms with E-state index in [1.807, 2.05) is 20.8 Å². The van der Waals surface area contributed by atoms with Gasteiger partial charge in [0.15, 0.2) is 0 Å². The molecule has 0 heterocycles. The van der Waals surface area contributed by atoms with Gasteiger partial charge in [-0.3, -0.25) is 4.79 Å². The van der Waals surface area contributed by atoms with Crippen LogP contribution in [0.15, 0.2) is 12.7 Å². The highest BCUT2D eigenvalue weighted by atomic mass is 16.5. The summed E-state index contributed by atoms with van der Waals surface area (Å²) in [5, 5.41) is 5.80. The first-order valence-electron chi connectivity index (χ1n) is 5.31. The molecule has 0 radical (unpaired) electrons. The van der Waals surface area contributed by atoms with Gasteiger partial charge >= 0.3 is 0 Å². The molecule has 0 spiro atoms. The lowest BCUT2D eigenvalue weighted by Crippen LogP contribution is -2.43. The van der Waals surface area contributed by atoms with Crippen molar-refractivity contribution >= 4 is 5.91 Å². The molecule has 1 atom stereocenters. The van der Waals surface area contributed by atoms with E-state index in [-0.39, 0.29) is 18.1 Å². The van der Waals surface area contributed by atoms with Crippen LogP contribution < -0.4 is 10.6 Å². The Hall–Kier alpha value is -0.870. The fourth-order valence-electron chi connectivity index (χ4n) is 0.989. The second kappa shape index (κ2) is 8.44. The average molecular weight is 214 g/mol. The number of carbonyl (C=O) groups excluding carboxylic acids is 1. The highest BCUT2D eigenvalue weighted by Gasteiger charge is 2.09. The maximum Gasteiger partial charge on any atom is 0.237 e. The number of amides is 1. The molecular weight excluding hydrogens is 192 g/mol. The minimum absolute atomic E-state index is 0.0144. The van der Waals surface area contributed by atoms with E-state index in [9.17, 15) is 4.79 Å². The zero-order valence-corrected chi connectivity index (χ0v) is 9.88. The van der Waals surface area contributed by atoms with E-state index in [0.717, 1.165) is 0 Å². The van der Waals surface area contributed by atoms with Crippen molar-refractivity contribution in [3.05, 3.63) is 12.7 Å². The second-order valence-electron chi connectivity index (χ2n) is 3.63. The molecule has 0 aliphatic heterocycles. The van der Waals surface area contributed by atoms with Crippen molar-refractivity contribution in [1.29, 1.82) is 0 Å². The Morgan fingerprint density at radius 3 is 2.67 bits per heavy atom. The zero-order valence-electron chi connectivity index (χ0n) is 9.88. The Balaban J connectivity index is 3.50. The van der Waals surface area contributed by atoms with Gasteiger partial charge in [0.2, 0.25) is 5.91 Å². The first-order valence-corrected chi connectivity index (χ1v) is 5.31. The van der Waals surface area contributed by atoms with Gasteiger partial charge in [0.1, 0.15) is 0 Å². The summed E-state index contributed by atoms with van der Waals surface area (Å²) in [6.07, 6.45) is 1.89. The molecule has 0 aliphatic carbocycles. The van der Waals surface area contributed by atoms with E-state index < -0.39 is 0 Å². The molecular formula is C11H22N2O2. The van der Waals surface area contributed by atoms with Crippen molar-refractivity contribution in [2.45, 2.75) is 32.9 Å². The molecule has 88 valence electrons. The molecule has 0 fully saturated rings.